The van der Waals surface area contributed by atoms with Crippen LogP contribution in [-0.4, -0.2) is 25.5 Å². The van der Waals surface area contributed by atoms with Gasteiger partial charge in [0.05, 0.1) is 5.69 Å². The molecule has 0 aliphatic heterocycles. The third-order valence-electron chi connectivity index (χ3n) is 3.29. The van der Waals surface area contributed by atoms with Crippen LogP contribution in [0.4, 0.5) is 11.4 Å². The van der Waals surface area contributed by atoms with E-state index in [-0.39, 0.29) is 24.0 Å². The second kappa shape index (κ2) is 8.32. The van der Waals surface area contributed by atoms with E-state index < -0.39 is 0 Å². The Balaban J connectivity index is 2.84. The van der Waals surface area contributed by atoms with Crippen LogP contribution in [0.25, 0.3) is 0 Å². The summed E-state index contributed by atoms with van der Waals surface area (Å²) in [5, 5.41) is 5.90. The van der Waals surface area contributed by atoms with E-state index in [9.17, 15) is 9.59 Å². The summed E-state index contributed by atoms with van der Waals surface area (Å²) in [4.78, 5) is 27.3. The van der Waals surface area contributed by atoms with Crippen LogP contribution in [0.3, 0.4) is 0 Å². The van der Waals surface area contributed by atoms with Gasteiger partial charge >= 0.3 is 0 Å². The molecule has 1 aromatic carbocycles. The Hall–Kier alpha value is -2.01. The molecule has 1 atom stereocenters. The fraction of sp³-hybridized carbons (Fsp3) is 0.438. The van der Waals surface area contributed by atoms with Crippen LogP contribution in [0.15, 0.2) is 23.2 Å². The number of amides is 1. The van der Waals surface area contributed by atoms with E-state index in [2.05, 4.69) is 22.3 Å². The van der Waals surface area contributed by atoms with Crippen LogP contribution in [0, 0.1) is 5.92 Å². The zero-order valence-electron chi connectivity index (χ0n) is 12.9. The highest BCUT2D eigenvalue weighted by atomic mass is 16.2. The molecule has 1 rings (SSSR count). The van der Waals surface area contributed by atoms with Gasteiger partial charge < -0.3 is 15.4 Å². The molecule has 0 radical (unpaired) electrons. The average Bonchev–Trinajstić information content (AvgIpc) is 2.46. The molecule has 0 spiro atoms. The maximum atomic E-state index is 12.2. The zero-order chi connectivity index (χ0) is 15.8. The van der Waals surface area contributed by atoms with Gasteiger partial charge in [0.25, 0.3) is 0 Å². The number of Topliss-reactive ketones (excluding diaryl/α,β-unsaturated/α-hetero) is 1. The molecule has 1 unspecified atom stereocenters. The number of nitrogens with one attached hydrogen (secondary N) is 2. The first-order valence-electron chi connectivity index (χ1n) is 7.06. The van der Waals surface area contributed by atoms with Crippen molar-refractivity contribution in [3.8, 4) is 0 Å². The molecule has 0 saturated heterocycles. The number of hydrogen-bond donors (Lipinski definition) is 2. The van der Waals surface area contributed by atoms with Crippen molar-refractivity contribution in [2.75, 3.05) is 12.4 Å². The van der Waals surface area contributed by atoms with E-state index >= 15 is 0 Å². The summed E-state index contributed by atoms with van der Waals surface area (Å²) in [6.07, 6.45) is 0.905. The molecular formula is C16H23N3O2. The lowest BCUT2D eigenvalue weighted by Gasteiger charge is -2.14. The third-order valence-corrected chi connectivity index (χ3v) is 3.29. The quantitative estimate of drug-likeness (QED) is 0.723. The number of carbonyl (C=O) groups excluding carboxylic acids is 2. The Bertz CT molecular complexity index is 526. The average molecular weight is 289 g/mol. The first kappa shape index (κ1) is 17.0. The van der Waals surface area contributed by atoms with Crippen LogP contribution in [0.5, 0.6) is 0 Å². The Morgan fingerprint density at radius 3 is 2.62 bits per heavy atom. The molecule has 0 aromatic heterocycles. The Morgan fingerprint density at radius 2 is 2.10 bits per heavy atom. The summed E-state index contributed by atoms with van der Waals surface area (Å²) in [5.41, 5.74) is 2.42. The number of benzene rings is 1. The number of carbonyl (C=O) groups is 2. The first-order chi connectivity index (χ1) is 10.0. The SMILES string of the molecule is C=Nc1cc(NC(=O)C(CC)CC(C)=O)ccc1CNC. The molecule has 1 aromatic rings. The highest BCUT2D eigenvalue weighted by Crippen LogP contribution is 2.24. The van der Waals surface area contributed by atoms with Gasteiger partial charge in [-0.25, -0.2) is 0 Å². The van der Waals surface area contributed by atoms with Gasteiger partial charge in [-0.15, -0.1) is 0 Å². The van der Waals surface area contributed by atoms with Crippen molar-refractivity contribution in [2.45, 2.75) is 33.2 Å². The summed E-state index contributed by atoms with van der Waals surface area (Å²) in [7, 11) is 1.86. The van der Waals surface area contributed by atoms with Gasteiger partial charge in [-0.2, -0.15) is 0 Å². The summed E-state index contributed by atoms with van der Waals surface area (Å²) >= 11 is 0. The van der Waals surface area contributed by atoms with Crippen molar-refractivity contribution >= 4 is 29.8 Å². The Morgan fingerprint density at radius 1 is 1.38 bits per heavy atom. The number of aliphatic imine (C=N–C) groups is 1. The van der Waals surface area contributed by atoms with Gasteiger partial charge in [0.2, 0.25) is 5.91 Å². The molecule has 5 heteroatoms. The molecule has 0 heterocycles. The van der Waals surface area contributed by atoms with E-state index in [0.29, 0.717) is 18.7 Å². The second-order valence-electron chi connectivity index (χ2n) is 5.03. The van der Waals surface area contributed by atoms with E-state index in [0.717, 1.165) is 11.3 Å². The fourth-order valence-corrected chi connectivity index (χ4v) is 2.14. The van der Waals surface area contributed by atoms with Gasteiger partial charge in [-0.3, -0.25) is 9.79 Å². The number of ketones is 1. The Labute approximate surface area is 125 Å². The van der Waals surface area contributed by atoms with Crippen molar-refractivity contribution in [1.29, 1.82) is 0 Å². The molecule has 0 fully saturated rings. The lowest BCUT2D eigenvalue weighted by atomic mass is 9.99. The molecule has 0 aliphatic carbocycles. The maximum absolute atomic E-state index is 12.2. The lowest BCUT2D eigenvalue weighted by Crippen LogP contribution is -2.24. The minimum atomic E-state index is -0.292. The third kappa shape index (κ3) is 5.11. The van der Waals surface area contributed by atoms with E-state index in [1.165, 1.54) is 6.92 Å². The fourth-order valence-electron chi connectivity index (χ4n) is 2.14. The van der Waals surface area contributed by atoms with Crippen molar-refractivity contribution < 1.29 is 9.59 Å². The van der Waals surface area contributed by atoms with Gasteiger partial charge in [-0.05, 0) is 44.8 Å². The van der Waals surface area contributed by atoms with Gasteiger partial charge in [0.15, 0.2) is 0 Å². The molecule has 5 nitrogen and oxygen atoms in total. The highest BCUT2D eigenvalue weighted by molar-refractivity contribution is 5.95. The lowest BCUT2D eigenvalue weighted by molar-refractivity contribution is -0.125. The maximum Gasteiger partial charge on any atom is 0.227 e. The number of rotatable bonds is 8. The largest absolute Gasteiger partial charge is 0.326 e. The zero-order valence-corrected chi connectivity index (χ0v) is 12.9. The first-order valence-corrected chi connectivity index (χ1v) is 7.06. The Kier molecular flexibility index (Phi) is 6.75. The van der Waals surface area contributed by atoms with Crippen LogP contribution in [0.2, 0.25) is 0 Å². The van der Waals surface area contributed by atoms with E-state index in [4.69, 9.17) is 0 Å². The molecule has 0 aliphatic rings. The van der Waals surface area contributed by atoms with Crippen LogP contribution in [-0.2, 0) is 16.1 Å². The summed E-state index contributed by atoms with van der Waals surface area (Å²) < 4.78 is 0. The molecular weight excluding hydrogens is 266 g/mol. The van der Waals surface area contributed by atoms with Crippen molar-refractivity contribution in [2.24, 2.45) is 10.9 Å². The number of nitrogens with zero attached hydrogens (tertiary/aromatic N) is 1. The second-order valence-corrected chi connectivity index (χ2v) is 5.03. The molecule has 2 N–H and O–H groups in total. The highest BCUT2D eigenvalue weighted by Gasteiger charge is 2.18. The number of anilines is 1. The van der Waals surface area contributed by atoms with Crippen LogP contribution in [0.1, 0.15) is 32.3 Å². The minimum absolute atomic E-state index is 0.0230. The van der Waals surface area contributed by atoms with Crippen molar-refractivity contribution in [3.05, 3.63) is 23.8 Å². The van der Waals surface area contributed by atoms with Crippen molar-refractivity contribution in [3.63, 3.8) is 0 Å². The number of hydrogen-bond acceptors (Lipinski definition) is 4. The summed E-state index contributed by atoms with van der Waals surface area (Å²) in [5.74, 6) is -0.404. The smallest absolute Gasteiger partial charge is 0.227 e. The van der Waals surface area contributed by atoms with E-state index in [1.807, 2.05) is 26.1 Å². The van der Waals surface area contributed by atoms with Crippen molar-refractivity contribution in [1.82, 2.24) is 5.32 Å². The molecule has 1 amide bonds. The van der Waals surface area contributed by atoms with E-state index in [1.54, 1.807) is 6.07 Å². The van der Waals surface area contributed by atoms with Crippen LogP contribution < -0.4 is 10.6 Å². The standard InChI is InChI=1S/C16H23N3O2/c1-5-12(8-11(2)20)16(21)19-14-7-6-13(10-17-3)15(9-14)18-4/h6-7,9,12,17H,4-5,8,10H2,1-3H3,(H,19,21). The van der Waals surface area contributed by atoms with Gasteiger partial charge in [-0.1, -0.05) is 13.0 Å². The normalized spacial score (nSPS) is 11.8. The van der Waals surface area contributed by atoms with Gasteiger partial charge in [0, 0.05) is 24.6 Å². The molecule has 21 heavy (non-hydrogen) atoms. The molecule has 0 bridgehead atoms. The minimum Gasteiger partial charge on any atom is -0.326 e. The topological polar surface area (TPSA) is 70.6 Å². The monoisotopic (exact) mass is 289 g/mol. The predicted molar refractivity (Wildman–Crippen MR) is 86.1 cm³/mol. The summed E-state index contributed by atoms with van der Waals surface area (Å²) in [6, 6.07) is 5.53. The van der Waals surface area contributed by atoms with Crippen LogP contribution >= 0.6 is 0 Å². The molecule has 114 valence electrons. The van der Waals surface area contributed by atoms with Gasteiger partial charge in [0.1, 0.15) is 5.78 Å². The predicted octanol–water partition coefficient (Wildman–Crippen LogP) is 2.68. The summed E-state index contributed by atoms with van der Waals surface area (Å²) in [6.45, 7) is 7.64. The molecule has 0 saturated carbocycles.